The molecule has 1 aliphatic heterocycles. The molecule has 0 bridgehead atoms. The molecule has 1 aromatic carbocycles. The zero-order chi connectivity index (χ0) is 19.9. The van der Waals surface area contributed by atoms with Crippen molar-refractivity contribution in [2.75, 3.05) is 38.1 Å². The van der Waals surface area contributed by atoms with Gasteiger partial charge in [-0.1, -0.05) is 0 Å². The molecule has 2 rings (SSSR count). The number of anilines is 1. The van der Waals surface area contributed by atoms with Crippen molar-refractivity contribution in [3.63, 3.8) is 0 Å². The summed E-state index contributed by atoms with van der Waals surface area (Å²) in [5.41, 5.74) is -1.81. The largest absolute Gasteiger partial charge is 0.416 e. The number of hydrogen-bond acceptors (Lipinski definition) is 6. The van der Waals surface area contributed by atoms with Crippen LogP contribution in [0.15, 0.2) is 18.2 Å². The average Bonchev–Trinajstić information content (AvgIpc) is 3.11. The van der Waals surface area contributed by atoms with Crippen molar-refractivity contribution < 1.29 is 27.6 Å². The maximum atomic E-state index is 12.7. The van der Waals surface area contributed by atoms with Gasteiger partial charge in [-0.2, -0.15) is 13.2 Å². The van der Waals surface area contributed by atoms with Gasteiger partial charge in [-0.25, -0.2) is 0 Å². The molecule has 28 heavy (non-hydrogen) atoms. The number of benzene rings is 1. The zero-order valence-corrected chi connectivity index (χ0v) is 15.7. The summed E-state index contributed by atoms with van der Waals surface area (Å²) in [4.78, 5) is 21.8. The van der Waals surface area contributed by atoms with E-state index in [-0.39, 0.29) is 49.7 Å². The van der Waals surface area contributed by atoms with E-state index in [1.54, 1.807) is 0 Å². The Balaban J connectivity index is 0.00000392. The lowest BCUT2D eigenvalue weighted by Crippen LogP contribution is -2.38. The van der Waals surface area contributed by atoms with E-state index in [0.717, 1.165) is 31.6 Å². The fourth-order valence-corrected chi connectivity index (χ4v) is 2.62. The first-order valence-electron chi connectivity index (χ1n) is 8.46. The summed E-state index contributed by atoms with van der Waals surface area (Å²) in [6.07, 6.45) is -2.56. The molecule has 0 aromatic heterocycles. The SMILES string of the molecule is Cl.O=C(CNCC1CCCO1)NCCNc1ccc(C(F)(F)F)cc1[N+](=O)[O-]. The molecule has 0 saturated carbocycles. The highest BCUT2D eigenvalue weighted by Gasteiger charge is 2.33. The fourth-order valence-electron chi connectivity index (χ4n) is 2.62. The van der Waals surface area contributed by atoms with Gasteiger partial charge in [0, 0.05) is 32.3 Å². The molecule has 1 saturated heterocycles. The fraction of sp³-hybridized carbons (Fsp3) is 0.562. The van der Waals surface area contributed by atoms with Crippen LogP contribution in [0.5, 0.6) is 0 Å². The molecule has 12 heteroatoms. The van der Waals surface area contributed by atoms with E-state index >= 15 is 0 Å². The Morgan fingerprint density at radius 3 is 2.68 bits per heavy atom. The first-order chi connectivity index (χ1) is 12.8. The van der Waals surface area contributed by atoms with Gasteiger partial charge in [-0.05, 0) is 25.0 Å². The van der Waals surface area contributed by atoms with Crippen molar-refractivity contribution in [2.45, 2.75) is 25.1 Å². The second-order valence-corrected chi connectivity index (χ2v) is 6.03. The van der Waals surface area contributed by atoms with Gasteiger partial charge in [0.25, 0.3) is 5.69 Å². The molecule has 0 radical (unpaired) electrons. The van der Waals surface area contributed by atoms with Crippen LogP contribution < -0.4 is 16.0 Å². The van der Waals surface area contributed by atoms with Crippen LogP contribution >= 0.6 is 12.4 Å². The Bertz CT molecular complexity index is 670. The number of nitro benzene ring substituents is 1. The predicted molar refractivity (Wildman–Crippen MR) is 98.7 cm³/mol. The van der Waals surface area contributed by atoms with Crippen LogP contribution in [-0.2, 0) is 15.7 Å². The second kappa shape index (κ2) is 11.0. The summed E-state index contributed by atoms with van der Waals surface area (Å²) in [7, 11) is 0. The Kier molecular flexibility index (Phi) is 9.42. The minimum Gasteiger partial charge on any atom is -0.378 e. The molecule has 1 atom stereocenters. The number of hydrogen-bond donors (Lipinski definition) is 3. The Morgan fingerprint density at radius 2 is 2.07 bits per heavy atom. The zero-order valence-electron chi connectivity index (χ0n) is 14.9. The Hall–Kier alpha value is -2.11. The predicted octanol–water partition coefficient (Wildman–Crippen LogP) is 2.33. The number of rotatable bonds is 9. The molecule has 1 fully saturated rings. The molecule has 1 unspecified atom stereocenters. The van der Waals surface area contributed by atoms with E-state index in [4.69, 9.17) is 4.74 Å². The molecule has 1 aliphatic rings. The number of ether oxygens (including phenoxy) is 1. The second-order valence-electron chi connectivity index (χ2n) is 6.03. The van der Waals surface area contributed by atoms with Crippen molar-refractivity contribution in [2.24, 2.45) is 0 Å². The van der Waals surface area contributed by atoms with E-state index in [1.165, 1.54) is 0 Å². The average molecular weight is 427 g/mol. The molecular weight excluding hydrogens is 405 g/mol. The van der Waals surface area contributed by atoms with Crippen LogP contribution in [0.4, 0.5) is 24.5 Å². The van der Waals surface area contributed by atoms with E-state index < -0.39 is 22.4 Å². The molecule has 0 spiro atoms. The molecule has 158 valence electrons. The summed E-state index contributed by atoms with van der Waals surface area (Å²) < 4.78 is 43.4. The number of carbonyl (C=O) groups excluding carboxylic acids is 1. The molecule has 1 heterocycles. The minimum atomic E-state index is -4.66. The topological polar surface area (TPSA) is 106 Å². The van der Waals surface area contributed by atoms with Crippen LogP contribution in [-0.4, -0.2) is 49.7 Å². The Morgan fingerprint density at radius 1 is 1.32 bits per heavy atom. The maximum absolute atomic E-state index is 12.7. The summed E-state index contributed by atoms with van der Waals surface area (Å²) >= 11 is 0. The number of nitrogens with one attached hydrogen (secondary N) is 3. The van der Waals surface area contributed by atoms with Crippen molar-refractivity contribution >= 4 is 29.7 Å². The van der Waals surface area contributed by atoms with E-state index in [9.17, 15) is 28.1 Å². The van der Waals surface area contributed by atoms with Gasteiger partial charge in [0.05, 0.1) is 23.1 Å². The van der Waals surface area contributed by atoms with Gasteiger partial charge >= 0.3 is 6.18 Å². The number of carbonyl (C=O) groups is 1. The molecule has 3 N–H and O–H groups in total. The van der Waals surface area contributed by atoms with E-state index in [0.29, 0.717) is 12.6 Å². The number of alkyl halides is 3. The van der Waals surface area contributed by atoms with Crippen LogP contribution in [0.2, 0.25) is 0 Å². The monoisotopic (exact) mass is 426 g/mol. The normalized spacial score (nSPS) is 16.3. The molecule has 1 amide bonds. The van der Waals surface area contributed by atoms with Crippen LogP contribution in [0.25, 0.3) is 0 Å². The highest BCUT2D eigenvalue weighted by Crippen LogP contribution is 2.34. The quantitative estimate of drug-likeness (QED) is 0.318. The van der Waals surface area contributed by atoms with E-state index in [2.05, 4.69) is 16.0 Å². The first kappa shape index (κ1) is 23.9. The van der Waals surface area contributed by atoms with Gasteiger partial charge in [-0.15, -0.1) is 12.4 Å². The van der Waals surface area contributed by atoms with Gasteiger partial charge in [-0.3, -0.25) is 14.9 Å². The maximum Gasteiger partial charge on any atom is 0.416 e. The third-order valence-corrected chi connectivity index (χ3v) is 3.97. The molecule has 1 aromatic rings. The van der Waals surface area contributed by atoms with Crippen LogP contribution in [0.3, 0.4) is 0 Å². The summed E-state index contributed by atoms with van der Waals surface area (Å²) in [6.45, 7) is 1.73. The van der Waals surface area contributed by atoms with Crippen molar-refractivity contribution in [3.05, 3.63) is 33.9 Å². The van der Waals surface area contributed by atoms with Crippen LogP contribution in [0, 0.1) is 10.1 Å². The summed E-state index contributed by atoms with van der Waals surface area (Å²) in [6, 6.07) is 2.25. The number of nitro groups is 1. The number of nitrogens with zero attached hydrogens (tertiary/aromatic N) is 1. The standard InChI is InChI=1S/C16H21F3N4O4.ClH/c17-16(18,19)11-3-4-13(14(8-11)23(25)26)21-5-6-22-15(24)10-20-9-12-2-1-7-27-12;/h3-4,8,12,20-21H,1-2,5-7,9-10H2,(H,22,24);1H. The number of halogens is 4. The first-order valence-corrected chi connectivity index (χ1v) is 8.46. The smallest absolute Gasteiger partial charge is 0.378 e. The third-order valence-electron chi connectivity index (χ3n) is 3.97. The molecule has 0 aliphatic carbocycles. The van der Waals surface area contributed by atoms with Gasteiger partial charge in [0.15, 0.2) is 0 Å². The van der Waals surface area contributed by atoms with Gasteiger partial charge < -0.3 is 20.7 Å². The Labute approximate surface area is 165 Å². The summed E-state index contributed by atoms with van der Waals surface area (Å²) in [5, 5.41) is 19.2. The molecular formula is C16H22ClF3N4O4. The van der Waals surface area contributed by atoms with Crippen LogP contribution in [0.1, 0.15) is 18.4 Å². The highest BCUT2D eigenvalue weighted by molar-refractivity contribution is 5.85. The van der Waals surface area contributed by atoms with Gasteiger partial charge in [0.1, 0.15) is 5.69 Å². The van der Waals surface area contributed by atoms with Gasteiger partial charge in [0.2, 0.25) is 5.91 Å². The molecule has 8 nitrogen and oxygen atoms in total. The van der Waals surface area contributed by atoms with Crippen molar-refractivity contribution in [1.29, 1.82) is 0 Å². The lowest BCUT2D eigenvalue weighted by atomic mass is 10.1. The highest BCUT2D eigenvalue weighted by atomic mass is 35.5. The lowest BCUT2D eigenvalue weighted by Gasteiger charge is -2.12. The summed E-state index contributed by atoms with van der Waals surface area (Å²) in [5.74, 6) is -0.253. The minimum absolute atomic E-state index is 0. The van der Waals surface area contributed by atoms with Crippen molar-refractivity contribution in [1.82, 2.24) is 10.6 Å². The van der Waals surface area contributed by atoms with E-state index in [1.807, 2.05) is 0 Å². The number of amides is 1. The van der Waals surface area contributed by atoms with Crippen molar-refractivity contribution in [3.8, 4) is 0 Å². The third kappa shape index (κ3) is 7.49. The lowest BCUT2D eigenvalue weighted by molar-refractivity contribution is -0.384.